The van der Waals surface area contributed by atoms with E-state index < -0.39 is 0 Å². The molecule has 0 aliphatic rings. The minimum Gasteiger partial charge on any atom is -1.00 e. The van der Waals surface area contributed by atoms with Crippen LogP contribution in [0.15, 0.2) is 0 Å². The monoisotopic (exact) mass is 568 g/mol. The second-order valence-corrected chi connectivity index (χ2v) is 0. The Balaban J connectivity index is 0. The van der Waals surface area contributed by atoms with Crippen LogP contribution in [0, 0.1) is 0 Å². The topological polar surface area (TPSA) is 0 Å². The molecule has 6 heavy (non-hydrogen) atoms. The van der Waals surface area contributed by atoms with Crippen LogP contribution in [0.5, 0.6) is 0 Å². The molecule has 0 aromatic carbocycles. The van der Waals surface area contributed by atoms with Crippen LogP contribution in [0.1, 0.15) is 0 Å². The van der Waals surface area contributed by atoms with Crippen LogP contribution >= 0.6 is 81.8 Å². The Morgan fingerprint density at radius 2 is 0.667 bits per heavy atom. The molecule has 0 spiro atoms. The molecule has 0 amide bonds. The van der Waals surface area contributed by atoms with Crippen LogP contribution in [0.4, 0.5) is 0 Å². The molecule has 0 bridgehead atoms. The van der Waals surface area contributed by atoms with Crippen molar-refractivity contribution in [3.8, 4) is 0 Å². The van der Waals surface area contributed by atoms with Gasteiger partial charge in [-0.15, -0.1) is 71.9 Å². The molecular weight excluding hydrogens is 562 g/mol. The van der Waals surface area contributed by atoms with E-state index in [0.29, 0.717) is 0 Å². The Hall–Kier alpha value is 4.35. The van der Waals surface area contributed by atoms with Crippen molar-refractivity contribution in [3.05, 3.63) is 0 Å². The van der Waals surface area contributed by atoms with E-state index >= 15 is 0 Å². The SMILES string of the molecule is I.I.I.P.[I-].[Na+]. The average Bonchev–Trinajstić information content (AvgIpc) is 0. The zero-order valence-corrected chi connectivity index (χ0v) is 15.9. The fraction of sp³-hybridized carbons (Fsp3) is 0. The minimum atomic E-state index is 0. The normalized spacial score (nSPS) is 0. The van der Waals surface area contributed by atoms with E-state index in [9.17, 15) is 0 Å². The van der Waals surface area contributed by atoms with Gasteiger partial charge in [0, 0.05) is 0 Å². The van der Waals surface area contributed by atoms with Gasteiger partial charge in [-0.3, -0.25) is 0 Å². The van der Waals surface area contributed by atoms with Gasteiger partial charge in [-0.25, -0.2) is 0 Å². The Morgan fingerprint density at radius 1 is 0.667 bits per heavy atom. The molecule has 0 saturated carbocycles. The van der Waals surface area contributed by atoms with E-state index in [1.54, 1.807) is 0 Å². The van der Waals surface area contributed by atoms with Crippen LogP contribution in [0.25, 0.3) is 0 Å². The van der Waals surface area contributed by atoms with Crippen molar-refractivity contribution in [2.45, 2.75) is 0 Å². The molecule has 1 unspecified atom stereocenters. The fourth-order valence-corrected chi connectivity index (χ4v) is 0. The summed E-state index contributed by atoms with van der Waals surface area (Å²) in [5.41, 5.74) is 0. The van der Waals surface area contributed by atoms with Gasteiger partial charge in [0.2, 0.25) is 0 Å². The van der Waals surface area contributed by atoms with Crippen LogP contribution in [0.3, 0.4) is 0 Å². The number of hydrogen-bond donors (Lipinski definition) is 0. The minimum absolute atomic E-state index is 0. The second kappa shape index (κ2) is 34.5. The van der Waals surface area contributed by atoms with Gasteiger partial charge >= 0.3 is 29.6 Å². The van der Waals surface area contributed by atoms with E-state index in [4.69, 9.17) is 0 Å². The first-order valence-electron chi connectivity index (χ1n) is 0. The third kappa shape index (κ3) is 23.8. The summed E-state index contributed by atoms with van der Waals surface area (Å²) in [7, 11) is 0. The molecule has 0 aromatic rings. The van der Waals surface area contributed by atoms with Crippen LogP contribution in [-0.4, -0.2) is 0 Å². The molecule has 0 saturated heterocycles. The van der Waals surface area contributed by atoms with E-state index in [2.05, 4.69) is 0 Å². The molecular formula is H6I4NaP. The molecule has 0 rings (SSSR count). The summed E-state index contributed by atoms with van der Waals surface area (Å²) >= 11 is 0. The van der Waals surface area contributed by atoms with Crippen molar-refractivity contribution >= 4 is 81.8 Å². The van der Waals surface area contributed by atoms with Gasteiger partial charge in [0.25, 0.3) is 0 Å². The van der Waals surface area contributed by atoms with Crippen molar-refractivity contribution in [2.24, 2.45) is 0 Å². The molecule has 0 nitrogen and oxygen atoms in total. The van der Waals surface area contributed by atoms with Gasteiger partial charge < -0.3 is 24.0 Å². The van der Waals surface area contributed by atoms with Crippen molar-refractivity contribution in [3.63, 3.8) is 0 Å². The predicted octanol–water partition coefficient (Wildman–Crippen LogP) is -4.08. The zero-order valence-electron chi connectivity index (χ0n) is 3.31. The summed E-state index contributed by atoms with van der Waals surface area (Å²) < 4.78 is 0. The number of halogens is 4. The summed E-state index contributed by atoms with van der Waals surface area (Å²) in [5, 5.41) is 0. The maximum Gasteiger partial charge on any atom is 1.00 e. The van der Waals surface area contributed by atoms with Crippen molar-refractivity contribution < 1.29 is 53.5 Å². The molecule has 0 aromatic heterocycles. The summed E-state index contributed by atoms with van der Waals surface area (Å²) in [6, 6.07) is 0. The summed E-state index contributed by atoms with van der Waals surface area (Å²) in [6.45, 7) is 0. The quantitative estimate of drug-likeness (QED) is 0.159. The first kappa shape index (κ1) is 47.8. The third-order valence-electron chi connectivity index (χ3n) is 0. The molecule has 0 radical (unpaired) electrons. The molecule has 0 aliphatic carbocycles. The largest absolute Gasteiger partial charge is 1.00 e. The Labute approximate surface area is 132 Å². The van der Waals surface area contributed by atoms with Crippen LogP contribution in [-0.2, 0) is 0 Å². The van der Waals surface area contributed by atoms with Crippen molar-refractivity contribution in [2.75, 3.05) is 0 Å². The van der Waals surface area contributed by atoms with E-state index in [1.165, 1.54) is 0 Å². The third-order valence-corrected chi connectivity index (χ3v) is 0. The van der Waals surface area contributed by atoms with Gasteiger partial charge in [-0.2, -0.15) is 9.90 Å². The van der Waals surface area contributed by atoms with Crippen molar-refractivity contribution in [1.82, 2.24) is 0 Å². The Morgan fingerprint density at radius 3 is 0.667 bits per heavy atom. The molecule has 0 aliphatic heterocycles. The second-order valence-electron chi connectivity index (χ2n) is 0. The smallest absolute Gasteiger partial charge is 1.00 e. The summed E-state index contributed by atoms with van der Waals surface area (Å²) in [5.74, 6) is 0. The van der Waals surface area contributed by atoms with Crippen molar-refractivity contribution in [1.29, 1.82) is 0 Å². The molecule has 6 heteroatoms. The molecule has 0 fully saturated rings. The first-order chi connectivity index (χ1) is 0. The van der Waals surface area contributed by atoms with Crippen LogP contribution in [0.2, 0.25) is 0 Å². The van der Waals surface area contributed by atoms with Gasteiger partial charge in [0.1, 0.15) is 0 Å². The maximum atomic E-state index is 0. The summed E-state index contributed by atoms with van der Waals surface area (Å²) in [6.07, 6.45) is 0. The van der Waals surface area contributed by atoms with E-state index in [1.807, 2.05) is 0 Å². The maximum absolute atomic E-state index is 0. The predicted molar refractivity (Wildman–Crippen MR) is 57.4 cm³/mol. The molecule has 0 N–H and O–H groups in total. The standard InChI is InChI=1S/4HI.Na.H3P/h4*1H;;1H3/q;;;;+1;/p-1. The Kier molecular flexibility index (Phi) is 275. The molecule has 1 atom stereocenters. The Bertz CT molecular complexity index is 7.51. The van der Waals surface area contributed by atoms with Crippen LogP contribution < -0.4 is 53.5 Å². The molecule has 0 heterocycles. The first-order valence-corrected chi connectivity index (χ1v) is 0. The average molecular weight is 568 g/mol. The number of rotatable bonds is 0. The van der Waals surface area contributed by atoms with Gasteiger partial charge in [0.05, 0.1) is 0 Å². The molecule has 40 valence electrons. The number of hydrogen-bond acceptors (Lipinski definition) is 0. The summed E-state index contributed by atoms with van der Waals surface area (Å²) in [4.78, 5) is 0. The fourth-order valence-electron chi connectivity index (χ4n) is 0. The van der Waals surface area contributed by atoms with Gasteiger partial charge in [-0.05, 0) is 0 Å². The van der Waals surface area contributed by atoms with E-state index in [-0.39, 0.29) is 135 Å². The van der Waals surface area contributed by atoms with Gasteiger partial charge in [-0.1, -0.05) is 0 Å². The van der Waals surface area contributed by atoms with Gasteiger partial charge in [0.15, 0.2) is 0 Å². The van der Waals surface area contributed by atoms with E-state index in [0.717, 1.165) is 0 Å². The zero-order chi connectivity index (χ0) is 0.